The maximum atomic E-state index is 11.0. The molecule has 0 unspecified atom stereocenters. The van der Waals surface area contributed by atoms with Crippen LogP contribution in [-0.2, 0) is 9.59 Å². The van der Waals surface area contributed by atoms with Gasteiger partial charge in [0.05, 0.1) is 13.1 Å². The molecule has 0 aromatic heterocycles. The molecule has 1 fully saturated rings. The van der Waals surface area contributed by atoms with Crippen molar-refractivity contribution in [1.82, 2.24) is 16.0 Å². The van der Waals surface area contributed by atoms with E-state index in [1.54, 1.807) is 0 Å². The summed E-state index contributed by atoms with van der Waals surface area (Å²) in [7, 11) is 0. The Hall–Kier alpha value is -1.63. The van der Waals surface area contributed by atoms with Crippen LogP contribution in [-0.4, -0.2) is 42.1 Å². The summed E-state index contributed by atoms with van der Waals surface area (Å²) >= 11 is 0. The van der Waals surface area contributed by atoms with E-state index >= 15 is 0 Å². The maximum absolute atomic E-state index is 11.0. The Morgan fingerprint density at radius 1 is 1.20 bits per heavy atom. The van der Waals surface area contributed by atoms with E-state index < -0.39 is 17.9 Å². The van der Waals surface area contributed by atoms with Crippen LogP contribution < -0.4 is 16.0 Å². The Kier molecular flexibility index (Phi) is 4.04. The second-order valence-corrected chi connectivity index (χ2v) is 3.29. The van der Waals surface area contributed by atoms with Crippen molar-refractivity contribution >= 4 is 17.9 Å². The molecule has 1 aliphatic rings. The predicted molar refractivity (Wildman–Crippen MR) is 50.2 cm³/mol. The Bertz CT molecular complexity index is 275. The molecule has 0 heterocycles. The van der Waals surface area contributed by atoms with E-state index in [-0.39, 0.29) is 19.1 Å². The highest BCUT2D eigenvalue weighted by Gasteiger charge is 2.23. The first-order valence-corrected chi connectivity index (χ1v) is 4.61. The lowest BCUT2D eigenvalue weighted by atomic mass is 10.5. The Morgan fingerprint density at radius 2 is 1.87 bits per heavy atom. The molecule has 4 N–H and O–H groups in total. The topological polar surface area (TPSA) is 108 Å². The van der Waals surface area contributed by atoms with E-state index in [4.69, 9.17) is 5.11 Å². The van der Waals surface area contributed by atoms with Crippen molar-refractivity contribution in [3.8, 4) is 0 Å². The first-order valence-electron chi connectivity index (χ1n) is 4.61. The van der Waals surface area contributed by atoms with Gasteiger partial charge in [0.1, 0.15) is 0 Å². The van der Waals surface area contributed by atoms with E-state index in [0.717, 1.165) is 12.8 Å². The minimum absolute atomic E-state index is 0.185. The summed E-state index contributed by atoms with van der Waals surface area (Å²) in [6.45, 7) is -0.498. The van der Waals surface area contributed by atoms with Crippen LogP contribution in [0.1, 0.15) is 12.8 Å². The third-order valence-corrected chi connectivity index (χ3v) is 1.73. The molecule has 1 saturated carbocycles. The zero-order valence-corrected chi connectivity index (χ0v) is 8.08. The van der Waals surface area contributed by atoms with Crippen molar-refractivity contribution in [3.63, 3.8) is 0 Å². The van der Waals surface area contributed by atoms with Crippen molar-refractivity contribution in [2.24, 2.45) is 0 Å². The normalized spacial score (nSPS) is 14.4. The zero-order valence-electron chi connectivity index (χ0n) is 8.08. The van der Waals surface area contributed by atoms with Gasteiger partial charge in [-0.05, 0) is 12.8 Å². The second kappa shape index (κ2) is 5.30. The smallest absolute Gasteiger partial charge is 0.321 e. The van der Waals surface area contributed by atoms with Gasteiger partial charge in [-0.3, -0.25) is 20.2 Å². The number of hydrogen-bond acceptors (Lipinski definition) is 4. The van der Waals surface area contributed by atoms with Crippen molar-refractivity contribution < 1.29 is 19.5 Å². The molecule has 0 aliphatic heterocycles. The Morgan fingerprint density at radius 3 is 2.40 bits per heavy atom. The fraction of sp³-hybridized carbons (Fsp3) is 0.625. The van der Waals surface area contributed by atoms with Gasteiger partial charge in [0.2, 0.25) is 5.91 Å². The van der Waals surface area contributed by atoms with Gasteiger partial charge in [-0.1, -0.05) is 0 Å². The van der Waals surface area contributed by atoms with Crippen LogP contribution in [0.15, 0.2) is 0 Å². The number of carboxylic acid groups (broad SMARTS) is 1. The van der Waals surface area contributed by atoms with Crippen LogP contribution in [0.25, 0.3) is 0 Å². The number of carbonyl (C=O) groups is 3. The fourth-order valence-electron chi connectivity index (χ4n) is 0.903. The quantitative estimate of drug-likeness (QED) is 0.453. The summed E-state index contributed by atoms with van der Waals surface area (Å²) in [5, 5.41) is 15.3. The molecule has 1 rings (SSSR count). The highest BCUT2D eigenvalue weighted by Crippen LogP contribution is 2.17. The number of rotatable bonds is 5. The van der Waals surface area contributed by atoms with Gasteiger partial charge >= 0.3 is 12.0 Å². The number of hydrogen-bond donors (Lipinski definition) is 4. The summed E-state index contributed by atoms with van der Waals surface area (Å²) < 4.78 is 0. The minimum Gasteiger partial charge on any atom is -0.480 e. The number of carbonyl (C=O) groups excluding carboxylic acids is 2. The van der Waals surface area contributed by atoms with Crippen molar-refractivity contribution in [2.75, 3.05) is 13.1 Å². The van der Waals surface area contributed by atoms with Crippen LogP contribution in [0.4, 0.5) is 4.79 Å². The Balaban J connectivity index is 2.06. The highest BCUT2D eigenvalue weighted by molar-refractivity contribution is 5.95. The van der Waals surface area contributed by atoms with Crippen molar-refractivity contribution in [2.45, 2.75) is 18.9 Å². The average Bonchev–Trinajstić information content (AvgIpc) is 2.86. The molecule has 3 amide bonds. The summed E-state index contributed by atoms with van der Waals surface area (Å²) in [5.41, 5.74) is 0. The molecular formula is C8H13N3O4. The molecule has 7 nitrogen and oxygen atoms in total. The molecule has 84 valence electrons. The van der Waals surface area contributed by atoms with Crippen LogP contribution in [0.2, 0.25) is 0 Å². The molecule has 15 heavy (non-hydrogen) atoms. The SMILES string of the molecule is O=C(O)CNCC(=O)NC(=O)NC1CC1. The lowest BCUT2D eigenvalue weighted by molar-refractivity contribution is -0.135. The van der Waals surface area contributed by atoms with E-state index in [0.29, 0.717) is 0 Å². The van der Waals surface area contributed by atoms with Crippen LogP contribution in [0.3, 0.4) is 0 Å². The van der Waals surface area contributed by atoms with Gasteiger partial charge in [0.15, 0.2) is 0 Å². The van der Waals surface area contributed by atoms with Crippen LogP contribution in [0.5, 0.6) is 0 Å². The number of urea groups is 1. The summed E-state index contributed by atoms with van der Waals surface area (Å²) in [6.07, 6.45) is 1.89. The third-order valence-electron chi connectivity index (χ3n) is 1.73. The molecule has 0 bridgehead atoms. The molecular weight excluding hydrogens is 202 g/mol. The van der Waals surface area contributed by atoms with Crippen LogP contribution in [0, 0.1) is 0 Å². The molecule has 0 aromatic rings. The van der Waals surface area contributed by atoms with Gasteiger partial charge in [0.25, 0.3) is 0 Å². The van der Waals surface area contributed by atoms with Gasteiger partial charge in [-0.2, -0.15) is 0 Å². The van der Waals surface area contributed by atoms with Crippen LogP contribution >= 0.6 is 0 Å². The highest BCUT2D eigenvalue weighted by atomic mass is 16.4. The van der Waals surface area contributed by atoms with Gasteiger partial charge in [-0.15, -0.1) is 0 Å². The minimum atomic E-state index is -1.05. The molecule has 0 atom stereocenters. The van der Waals surface area contributed by atoms with Gasteiger partial charge in [0, 0.05) is 6.04 Å². The fourth-order valence-corrected chi connectivity index (χ4v) is 0.903. The molecule has 0 radical (unpaired) electrons. The maximum Gasteiger partial charge on any atom is 0.321 e. The summed E-state index contributed by atoms with van der Waals surface area (Å²) in [6, 6.07) is -0.343. The lowest BCUT2D eigenvalue weighted by Gasteiger charge is -2.05. The first kappa shape index (κ1) is 11.4. The van der Waals surface area contributed by atoms with E-state index in [2.05, 4.69) is 16.0 Å². The van der Waals surface area contributed by atoms with Crippen molar-refractivity contribution in [1.29, 1.82) is 0 Å². The van der Waals surface area contributed by atoms with Crippen molar-refractivity contribution in [3.05, 3.63) is 0 Å². The summed E-state index contributed by atoms with van der Waals surface area (Å²) in [5.74, 6) is -1.60. The predicted octanol–water partition coefficient (Wildman–Crippen LogP) is -1.35. The lowest BCUT2D eigenvalue weighted by Crippen LogP contribution is -2.44. The van der Waals surface area contributed by atoms with E-state index in [1.165, 1.54) is 0 Å². The monoisotopic (exact) mass is 215 g/mol. The average molecular weight is 215 g/mol. The number of aliphatic carboxylic acids is 1. The van der Waals surface area contributed by atoms with Gasteiger partial charge < -0.3 is 10.4 Å². The molecule has 1 aliphatic carbocycles. The molecule has 0 aromatic carbocycles. The van der Waals surface area contributed by atoms with E-state index in [1.807, 2.05) is 0 Å². The van der Waals surface area contributed by atoms with E-state index in [9.17, 15) is 14.4 Å². The third kappa shape index (κ3) is 5.63. The Labute approximate surface area is 86.2 Å². The first-order chi connectivity index (χ1) is 7.08. The zero-order chi connectivity index (χ0) is 11.3. The molecule has 0 saturated heterocycles. The molecule has 7 heteroatoms. The molecule has 0 spiro atoms. The number of imide groups is 1. The largest absolute Gasteiger partial charge is 0.480 e. The second-order valence-electron chi connectivity index (χ2n) is 3.29. The summed E-state index contributed by atoms with van der Waals surface area (Å²) in [4.78, 5) is 32.1. The number of amides is 3. The van der Waals surface area contributed by atoms with Gasteiger partial charge in [-0.25, -0.2) is 4.79 Å². The number of carboxylic acids is 1. The standard InChI is InChI=1S/C8H13N3O4/c12-6(3-9-4-7(13)14)11-8(15)10-5-1-2-5/h5,9H,1-4H2,(H,13,14)(H2,10,11,12,15). The number of nitrogens with one attached hydrogen (secondary N) is 3.